The maximum atomic E-state index is 11.9. The Hall–Kier alpha value is -1.88. The van der Waals surface area contributed by atoms with Crippen molar-refractivity contribution in [3.8, 4) is 0 Å². The second kappa shape index (κ2) is 7.53. The summed E-state index contributed by atoms with van der Waals surface area (Å²) in [5.74, 6) is -0.576. The highest BCUT2D eigenvalue weighted by Gasteiger charge is 2.21. The fourth-order valence-corrected chi connectivity index (χ4v) is 1.71. The Morgan fingerprint density at radius 2 is 1.89 bits per heavy atom. The number of carbonyl (C=O) groups excluding carboxylic acids is 2. The highest BCUT2D eigenvalue weighted by molar-refractivity contribution is 5.80. The minimum Gasteiger partial charge on any atom is -0.359 e. The van der Waals surface area contributed by atoms with Crippen molar-refractivity contribution in [2.24, 2.45) is 11.7 Å². The van der Waals surface area contributed by atoms with E-state index in [0.29, 0.717) is 6.54 Å². The lowest BCUT2D eigenvalue weighted by molar-refractivity contribution is -0.125. The molecule has 0 aliphatic heterocycles. The Morgan fingerprint density at radius 1 is 1.26 bits per heavy atom. The zero-order chi connectivity index (χ0) is 14.3. The number of nitrogens with two attached hydrogens (primary N) is 1. The molecular weight excluding hydrogens is 242 g/mol. The smallest absolute Gasteiger partial charge is 0.224 e. The maximum absolute atomic E-state index is 11.9. The predicted octanol–water partition coefficient (Wildman–Crippen LogP) is 0.575. The second-order valence-electron chi connectivity index (χ2n) is 4.44. The third kappa shape index (κ3) is 4.71. The predicted molar refractivity (Wildman–Crippen MR) is 74.2 cm³/mol. The molecule has 1 rings (SSSR count). The normalized spacial score (nSPS) is 13.4. The van der Waals surface area contributed by atoms with Crippen molar-refractivity contribution in [1.82, 2.24) is 10.6 Å². The molecule has 2 unspecified atom stereocenters. The Bertz CT molecular complexity index is 420. The molecule has 1 aromatic rings. The van der Waals surface area contributed by atoms with Crippen LogP contribution in [0.5, 0.6) is 0 Å². The molecule has 0 bridgehead atoms. The lowest BCUT2D eigenvalue weighted by Gasteiger charge is -2.19. The Labute approximate surface area is 113 Å². The third-order valence-electron chi connectivity index (χ3n) is 3.07. The van der Waals surface area contributed by atoms with E-state index in [2.05, 4.69) is 10.6 Å². The van der Waals surface area contributed by atoms with Crippen molar-refractivity contribution in [2.75, 3.05) is 13.6 Å². The highest BCUT2D eigenvalue weighted by atomic mass is 16.2. The van der Waals surface area contributed by atoms with Crippen LogP contribution in [0.25, 0.3) is 0 Å². The lowest BCUT2D eigenvalue weighted by Crippen LogP contribution is -2.37. The van der Waals surface area contributed by atoms with Crippen LogP contribution in [0.15, 0.2) is 30.3 Å². The summed E-state index contributed by atoms with van der Waals surface area (Å²) in [5, 5.41) is 5.22. The van der Waals surface area contributed by atoms with E-state index in [9.17, 15) is 9.59 Å². The van der Waals surface area contributed by atoms with E-state index in [1.54, 1.807) is 14.0 Å². The van der Waals surface area contributed by atoms with Gasteiger partial charge in [-0.05, 0) is 5.56 Å². The van der Waals surface area contributed by atoms with Crippen LogP contribution in [0.4, 0.5) is 0 Å². The second-order valence-corrected chi connectivity index (χ2v) is 4.44. The molecule has 0 spiro atoms. The van der Waals surface area contributed by atoms with Crippen molar-refractivity contribution in [2.45, 2.75) is 19.4 Å². The average molecular weight is 263 g/mol. The van der Waals surface area contributed by atoms with Crippen molar-refractivity contribution in [3.63, 3.8) is 0 Å². The number of benzene rings is 1. The number of nitrogens with one attached hydrogen (secondary N) is 2. The Morgan fingerprint density at radius 3 is 2.47 bits per heavy atom. The standard InChI is InChI=1S/C14H21N3O2/c1-10(13(15)11-6-4-3-5-7-11)14(19)17-9-8-12(18)16-2/h3-7,10,13H,8-9,15H2,1-2H3,(H,16,18)(H,17,19). The largest absolute Gasteiger partial charge is 0.359 e. The zero-order valence-corrected chi connectivity index (χ0v) is 11.3. The summed E-state index contributed by atoms with van der Waals surface area (Å²) in [4.78, 5) is 22.9. The average Bonchev–Trinajstić information content (AvgIpc) is 2.46. The molecule has 5 heteroatoms. The first-order chi connectivity index (χ1) is 9.06. The number of hydrogen-bond donors (Lipinski definition) is 3. The van der Waals surface area contributed by atoms with Crippen molar-refractivity contribution < 1.29 is 9.59 Å². The summed E-state index contributed by atoms with van der Waals surface area (Å²) < 4.78 is 0. The van der Waals surface area contributed by atoms with Gasteiger partial charge < -0.3 is 16.4 Å². The zero-order valence-electron chi connectivity index (χ0n) is 11.3. The quantitative estimate of drug-likeness (QED) is 0.701. The molecule has 0 heterocycles. The molecule has 19 heavy (non-hydrogen) atoms. The maximum Gasteiger partial charge on any atom is 0.224 e. The van der Waals surface area contributed by atoms with Gasteiger partial charge in [0.25, 0.3) is 0 Å². The van der Waals surface area contributed by atoms with Gasteiger partial charge in [0.2, 0.25) is 11.8 Å². The van der Waals surface area contributed by atoms with Gasteiger partial charge >= 0.3 is 0 Å². The van der Waals surface area contributed by atoms with Crippen LogP contribution in [0.1, 0.15) is 24.9 Å². The summed E-state index contributed by atoms with van der Waals surface area (Å²) in [6, 6.07) is 9.15. The van der Waals surface area contributed by atoms with Gasteiger partial charge in [0.1, 0.15) is 0 Å². The molecule has 2 atom stereocenters. The number of amides is 2. The SMILES string of the molecule is CNC(=O)CCNC(=O)C(C)C(N)c1ccccc1. The van der Waals surface area contributed by atoms with Crippen LogP contribution in [0.2, 0.25) is 0 Å². The van der Waals surface area contributed by atoms with E-state index in [4.69, 9.17) is 5.73 Å². The van der Waals surface area contributed by atoms with Crippen molar-refractivity contribution >= 4 is 11.8 Å². The molecule has 0 fully saturated rings. The van der Waals surface area contributed by atoms with E-state index in [1.165, 1.54) is 0 Å². The van der Waals surface area contributed by atoms with Crippen molar-refractivity contribution in [1.29, 1.82) is 0 Å². The first-order valence-electron chi connectivity index (χ1n) is 6.35. The first-order valence-corrected chi connectivity index (χ1v) is 6.35. The van der Waals surface area contributed by atoms with Crippen LogP contribution in [0, 0.1) is 5.92 Å². The topological polar surface area (TPSA) is 84.2 Å². The highest BCUT2D eigenvalue weighted by Crippen LogP contribution is 2.18. The van der Waals surface area contributed by atoms with Gasteiger partial charge in [0.15, 0.2) is 0 Å². The molecule has 0 radical (unpaired) electrons. The van der Waals surface area contributed by atoms with E-state index < -0.39 is 0 Å². The van der Waals surface area contributed by atoms with Gasteiger partial charge in [-0.2, -0.15) is 0 Å². The fourth-order valence-electron chi connectivity index (χ4n) is 1.71. The summed E-state index contributed by atoms with van der Waals surface area (Å²) in [6.45, 7) is 2.11. The lowest BCUT2D eigenvalue weighted by atomic mass is 9.95. The summed E-state index contributed by atoms with van der Waals surface area (Å²) in [7, 11) is 1.57. The molecule has 1 aromatic carbocycles. The number of carbonyl (C=O) groups is 2. The van der Waals surface area contributed by atoms with E-state index >= 15 is 0 Å². The number of hydrogen-bond acceptors (Lipinski definition) is 3. The van der Waals surface area contributed by atoms with Crippen LogP contribution >= 0.6 is 0 Å². The molecule has 104 valence electrons. The van der Waals surface area contributed by atoms with Crippen LogP contribution in [0.3, 0.4) is 0 Å². The van der Waals surface area contributed by atoms with Crippen LogP contribution in [-0.4, -0.2) is 25.4 Å². The first kappa shape index (κ1) is 15.2. The van der Waals surface area contributed by atoms with Gasteiger partial charge in [-0.15, -0.1) is 0 Å². The van der Waals surface area contributed by atoms with Gasteiger partial charge in [-0.25, -0.2) is 0 Å². The molecule has 0 saturated carbocycles. The van der Waals surface area contributed by atoms with E-state index in [-0.39, 0.29) is 30.2 Å². The molecular formula is C14H21N3O2. The van der Waals surface area contributed by atoms with Crippen molar-refractivity contribution in [3.05, 3.63) is 35.9 Å². The minimum atomic E-state index is -0.346. The molecule has 5 nitrogen and oxygen atoms in total. The monoisotopic (exact) mass is 263 g/mol. The molecule has 0 aliphatic rings. The van der Waals surface area contributed by atoms with Crippen LogP contribution < -0.4 is 16.4 Å². The Balaban J connectivity index is 2.46. The summed E-state index contributed by atoms with van der Waals surface area (Å²) in [6.07, 6.45) is 0.273. The molecule has 0 aromatic heterocycles. The summed E-state index contributed by atoms with van der Waals surface area (Å²) >= 11 is 0. The van der Waals surface area contributed by atoms with Gasteiger partial charge in [0, 0.05) is 26.1 Å². The van der Waals surface area contributed by atoms with E-state index in [1.807, 2.05) is 30.3 Å². The molecule has 2 amide bonds. The molecule has 0 aliphatic carbocycles. The van der Waals surface area contributed by atoms with Gasteiger partial charge in [0.05, 0.1) is 5.92 Å². The fraction of sp³-hybridized carbons (Fsp3) is 0.429. The molecule has 4 N–H and O–H groups in total. The van der Waals surface area contributed by atoms with Gasteiger partial charge in [-0.1, -0.05) is 37.3 Å². The third-order valence-corrected chi connectivity index (χ3v) is 3.07. The minimum absolute atomic E-state index is 0.0969. The number of rotatable bonds is 6. The Kier molecular flexibility index (Phi) is 6.02. The van der Waals surface area contributed by atoms with Gasteiger partial charge in [-0.3, -0.25) is 9.59 Å². The molecule has 0 saturated heterocycles. The summed E-state index contributed by atoms with van der Waals surface area (Å²) in [5.41, 5.74) is 6.98. The van der Waals surface area contributed by atoms with Crippen LogP contribution in [-0.2, 0) is 9.59 Å². The van der Waals surface area contributed by atoms with E-state index in [0.717, 1.165) is 5.56 Å².